The topological polar surface area (TPSA) is 56.1 Å². The molecule has 0 atom stereocenters. The largest absolute Gasteiger partial charge is 0.497 e. The molecular weight excluding hydrogens is 278 g/mol. The summed E-state index contributed by atoms with van der Waals surface area (Å²) in [6.45, 7) is 0. The summed E-state index contributed by atoms with van der Waals surface area (Å²) in [4.78, 5) is 16.5. The average Bonchev–Trinajstić information content (AvgIpc) is 3.06. The van der Waals surface area contributed by atoms with Crippen LogP contribution >= 0.6 is 0 Å². The first kappa shape index (κ1) is 13.9. The van der Waals surface area contributed by atoms with Crippen molar-refractivity contribution in [1.29, 1.82) is 0 Å². The fourth-order valence-corrected chi connectivity index (χ4v) is 2.05. The number of carbonyl (C=O) groups excluding carboxylic acids is 1. The first-order chi connectivity index (χ1) is 10.8. The van der Waals surface area contributed by atoms with E-state index in [1.165, 1.54) is 10.9 Å². The van der Waals surface area contributed by atoms with Gasteiger partial charge < -0.3 is 10.1 Å². The highest BCUT2D eigenvalue weighted by molar-refractivity contribution is 5.91. The summed E-state index contributed by atoms with van der Waals surface area (Å²) >= 11 is 0. The molecule has 0 radical (unpaired) electrons. The molecular formula is C17H15N3O2. The van der Waals surface area contributed by atoms with Gasteiger partial charge in [-0.2, -0.15) is 0 Å². The number of methoxy groups -OCH3 is 1. The molecule has 3 rings (SSSR count). The van der Waals surface area contributed by atoms with Gasteiger partial charge in [0, 0.05) is 17.4 Å². The predicted molar refractivity (Wildman–Crippen MR) is 85.1 cm³/mol. The van der Waals surface area contributed by atoms with Crippen LogP contribution in [-0.4, -0.2) is 22.7 Å². The van der Waals surface area contributed by atoms with Crippen LogP contribution in [0.2, 0.25) is 0 Å². The summed E-state index contributed by atoms with van der Waals surface area (Å²) in [7, 11) is 1.60. The Balaban J connectivity index is 1.74. The monoisotopic (exact) mass is 293 g/mol. The highest BCUT2D eigenvalue weighted by Crippen LogP contribution is 2.17. The van der Waals surface area contributed by atoms with Crippen LogP contribution in [0.5, 0.6) is 5.75 Å². The zero-order chi connectivity index (χ0) is 15.4. The summed E-state index contributed by atoms with van der Waals surface area (Å²) in [5, 5.41) is 2.80. The molecule has 22 heavy (non-hydrogen) atoms. The lowest BCUT2D eigenvalue weighted by Gasteiger charge is -2.06. The fourth-order valence-electron chi connectivity index (χ4n) is 2.05. The second kappa shape index (κ2) is 6.13. The minimum absolute atomic E-state index is 0.264. The number of hydrogen-bond donors (Lipinski definition) is 1. The molecule has 0 bridgehead atoms. The first-order valence-corrected chi connectivity index (χ1v) is 6.81. The fraction of sp³-hybridized carbons (Fsp3) is 0.0588. The van der Waals surface area contributed by atoms with E-state index in [-0.39, 0.29) is 6.03 Å². The predicted octanol–water partition coefficient (Wildman–Crippen LogP) is 3.64. The molecule has 0 spiro atoms. The SMILES string of the molecule is COc1ccc(NC(=O)n2cnc(-c3ccccc3)c2)cc1. The van der Waals surface area contributed by atoms with Crippen molar-refractivity contribution < 1.29 is 9.53 Å². The summed E-state index contributed by atoms with van der Waals surface area (Å²) in [5.74, 6) is 0.743. The van der Waals surface area contributed by atoms with Crippen LogP contribution in [0, 0.1) is 0 Å². The smallest absolute Gasteiger partial charge is 0.331 e. The second-order valence-corrected chi connectivity index (χ2v) is 4.69. The van der Waals surface area contributed by atoms with Gasteiger partial charge in [-0.3, -0.25) is 4.57 Å². The molecule has 1 heterocycles. The molecule has 1 N–H and O–H groups in total. The maximum Gasteiger partial charge on any atom is 0.331 e. The quantitative estimate of drug-likeness (QED) is 0.802. The molecule has 0 saturated heterocycles. The number of amides is 1. The van der Waals surface area contributed by atoms with Crippen LogP contribution in [0.4, 0.5) is 10.5 Å². The van der Waals surface area contributed by atoms with Gasteiger partial charge >= 0.3 is 6.03 Å². The van der Waals surface area contributed by atoms with E-state index in [4.69, 9.17) is 4.74 Å². The Kier molecular flexibility index (Phi) is 3.87. The van der Waals surface area contributed by atoms with Crippen molar-refractivity contribution in [2.24, 2.45) is 0 Å². The maximum atomic E-state index is 12.2. The zero-order valence-corrected chi connectivity index (χ0v) is 12.1. The number of nitrogens with zero attached hydrogens (tertiary/aromatic N) is 2. The molecule has 1 aromatic heterocycles. The van der Waals surface area contributed by atoms with Crippen molar-refractivity contribution in [3.8, 4) is 17.0 Å². The van der Waals surface area contributed by atoms with Gasteiger partial charge in [0.15, 0.2) is 0 Å². The second-order valence-electron chi connectivity index (χ2n) is 4.69. The van der Waals surface area contributed by atoms with Crippen molar-refractivity contribution in [3.05, 3.63) is 67.1 Å². The number of aromatic nitrogens is 2. The van der Waals surface area contributed by atoms with E-state index in [9.17, 15) is 4.79 Å². The van der Waals surface area contributed by atoms with E-state index in [2.05, 4.69) is 10.3 Å². The average molecular weight is 293 g/mol. The Morgan fingerprint density at radius 1 is 1.09 bits per heavy atom. The molecule has 0 fully saturated rings. The normalized spacial score (nSPS) is 10.2. The van der Waals surface area contributed by atoms with E-state index < -0.39 is 0 Å². The van der Waals surface area contributed by atoms with E-state index in [0.29, 0.717) is 5.69 Å². The molecule has 5 heteroatoms. The molecule has 0 unspecified atom stereocenters. The Morgan fingerprint density at radius 2 is 1.82 bits per heavy atom. The lowest BCUT2D eigenvalue weighted by Crippen LogP contribution is -2.17. The van der Waals surface area contributed by atoms with Crippen molar-refractivity contribution in [3.63, 3.8) is 0 Å². The number of ether oxygens (including phenoxy) is 1. The Bertz CT molecular complexity index is 764. The Labute approximate surface area is 128 Å². The summed E-state index contributed by atoms with van der Waals surface area (Å²) < 4.78 is 6.51. The van der Waals surface area contributed by atoms with Crippen molar-refractivity contribution in [2.45, 2.75) is 0 Å². The molecule has 2 aromatic carbocycles. The van der Waals surface area contributed by atoms with Gasteiger partial charge in [-0.05, 0) is 24.3 Å². The Morgan fingerprint density at radius 3 is 2.50 bits per heavy atom. The third kappa shape index (κ3) is 2.98. The molecule has 0 aliphatic rings. The number of rotatable bonds is 3. The van der Waals surface area contributed by atoms with Gasteiger partial charge in [0.05, 0.1) is 12.8 Å². The van der Waals surface area contributed by atoms with Crippen LogP contribution in [0.25, 0.3) is 11.3 Å². The zero-order valence-electron chi connectivity index (χ0n) is 12.1. The molecule has 110 valence electrons. The van der Waals surface area contributed by atoms with Gasteiger partial charge in [-0.15, -0.1) is 0 Å². The molecule has 0 aliphatic heterocycles. The van der Waals surface area contributed by atoms with E-state index >= 15 is 0 Å². The minimum Gasteiger partial charge on any atom is -0.497 e. The highest BCUT2D eigenvalue weighted by Gasteiger charge is 2.08. The lowest BCUT2D eigenvalue weighted by atomic mass is 10.2. The molecule has 1 amide bonds. The van der Waals surface area contributed by atoms with Gasteiger partial charge in [0.25, 0.3) is 0 Å². The molecule has 0 aliphatic carbocycles. The standard InChI is InChI=1S/C17H15N3O2/c1-22-15-9-7-14(8-10-15)19-17(21)20-11-16(18-12-20)13-5-3-2-4-6-13/h2-12H,1H3,(H,19,21). The van der Waals surface area contributed by atoms with E-state index in [1.807, 2.05) is 30.3 Å². The third-order valence-electron chi connectivity index (χ3n) is 3.23. The first-order valence-electron chi connectivity index (χ1n) is 6.81. The van der Waals surface area contributed by atoms with Gasteiger partial charge in [0.1, 0.15) is 12.1 Å². The molecule has 0 saturated carbocycles. The number of hydrogen-bond acceptors (Lipinski definition) is 3. The van der Waals surface area contributed by atoms with Crippen LogP contribution in [0.1, 0.15) is 0 Å². The van der Waals surface area contributed by atoms with Gasteiger partial charge in [0.2, 0.25) is 0 Å². The van der Waals surface area contributed by atoms with Crippen molar-refractivity contribution >= 4 is 11.7 Å². The van der Waals surface area contributed by atoms with Crippen LogP contribution in [0.15, 0.2) is 67.1 Å². The summed E-state index contributed by atoms with van der Waals surface area (Å²) in [6.07, 6.45) is 3.20. The third-order valence-corrected chi connectivity index (χ3v) is 3.23. The Hall–Kier alpha value is -3.08. The van der Waals surface area contributed by atoms with Crippen LogP contribution in [-0.2, 0) is 0 Å². The number of nitrogens with one attached hydrogen (secondary N) is 1. The summed E-state index contributed by atoms with van der Waals surface area (Å²) in [6, 6.07) is 16.6. The van der Waals surface area contributed by atoms with Crippen molar-refractivity contribution in [1.82, 2.24) is 9.55 Å². The lowest BCUT2D eigenvalue weighted by molar-refractivity contribution is 0.253. The molecule has 3 aromatic rings. The van der Waals surface area contributed by atoms with Crippen LogP contribution < -0.4 is 10.1 Å². The molecule has 5 nitrogen and oxygen atoms in total. The summed E-state index contributed by atoms with van der Waals surface area (Å²) in [5.41, 5.74) is 2.42. The number of imidazole rings is 1. The van der Waals surface area contributed by atoms with E-state index in [0.717, 1.165) is 17.0 Å². The van der Waals surface area contributed by atoms with Gasteiger partial charge in [-0.1, -0.05) is 30.3 Å². The van der Waals surface area contributed by atoms with Gasteiger partial charge in [-0.25, -0.2) is 9.78 Å². The van der Waals surface area contributed by atoms with Crippen LogP contribution in [0.3, 0.4) is 0 Å². The van der Waals surface area contributed by atoms with E-state index in [1.54, 1.807) is 37.6 Å². The minimum atomic E-state index is -0.264. The highest BCUT2D eigenvalue weighted by atomic mass is 16.5. The van der Waals surface area contributed by atoms with Crippen molar-refractivity contribution in [2.75, 3.05) is 12.4 Å². The number of anilines is 1. The number of benzene rings is 2. The number of carbonyl (C=O) groups is 1. The maximum absolute atomic E-state index is 12.2.